The topological polar surface area (TPSA) is 100 Å². The van der Waals surface area contributed by atoms with Gasteiger partial charge in [0.05, 0.1) is 17.9 Å². The Morgan fingerprint density at radius 3 is 2.72 bits per heavy atom. The zero-order chi connectivity index (χ0) is 18.0. The van der Waals surface area contributed by atoms with E-state index in [4.69, 9.17) is 16.8 Å². The Bertz CT molecular complexity index is 956. The highest BCUT2D eigenvalue weighted by Gasteiger charge is 2.26. The third-order valence-corrected chi connectivity index (χ3v) is 3.75. The number of halogens is 2. The minimum Gasteiger partial charge on any atom is -0.358 e. The van der Waals surface area contributed by atoms with Crippen LogP contribution in [0, 0.1) is 15.9 Å². The van der Waals surface area contributed by atoms with Gasteiger partial charge in [0.2, 0.25) is 0 Å². The minimum absolute atomic E-state index is 0.151. The highest BCUT2D eigenvalue weighted by Crippen LogP contribution is 2.29. The van der Waals surface area contributed by atoms with E-state index in [9.17, 15) is 14.5 Å². The van der Waals surface area contributed by atoms with Crippen molar-refractivity contribution in [2.75, 3.05) is 6.54 Å². The lowest BCUT2D eigenvalue weighted by Gasteiger charge is -2.09. The Morgan fingerprint density at radius 1 is 1.28 bits per heavy atom. The smallest absolute Gasteiger partial charge is 0.358 e. The van der Waals surface area contributed by atoms with Crippen LogP contribution in [0.1, 0.15) is 11.1 Å². The van der Waals surface area contributed by atoms with Gasteiger partial charge in [-0.05, 0) is 35.3 Å². The maximum absolute atomic E-state index is 14.2. The summed E-state index contributed by atoms with van der Waals surface area (Å²) in [5.74, 6) is -1.32. The highest BCUT2D eigenvalue weighted by molar-refractivity contribution is 6.40. The van der Waals surface area contributed by atoms with Gasteiger partial charge in [-0.3, -0.25) is 4.99 Å². The Hall–Kier alpha value is -3.13. The second-order valence-electron chi connectivity index (χ2n) is 5.05. The van der Waals surface area contributed by atoms with Gasteiger partial charge in [-0.2, -0.15) is 0 Å². The number of amidine groups is 1. The molecule has 9 heteroatoms. The largest absolute Gasteiger partial charge is 0.432 e. The molecule has 0 fully saturated rings. The molecule has 1 aliphatic rings. The third-order valence-electron chi connectivity index (χ3n) is 3.51. The predicted octanol–water partition coefficient (Wildman–Crippen LogP) is 3.47. The SMILES string of the molecule is O=[N+]([O-])C(=NO)C1=Nc2ccc(Cl)cc2C(c2ccccc2F)=NC1. The number of hydrogen-bond acceptors (Lipinski definition) is 6. The van der Waals surface area contributed by atoms with Crippen LogP contribution in [0.15, 0.2) is 57.6 Å². The van der Waals surface area contributed by atoms with Gasteiger partial charge in [-0.1, -0.05) is 23.7 Å². The number of oxime groups is 1. The highest BCUT2D eigenvalue weighted by atomic mass is 35.5. The standard InChI is InChI=1S/C16H10ClFN4O3/c17-9-5-6-13-11(7-9)15(10-3-1-2-4-12(10)18)19-8-14(20-13)16(21-23)22(24)25/h1-7,23H,8H2. The Kier molecular flexibility index (Phi) is 4.53. The molecule has 0 spiro atoms. The maximum Gasteiger partial charge on any atom is 0.432 e. The first kappa shape index (κ1) is 16.7. The number of fused-ring (bicyclic) bond motifs is 1. The lowest BCUT2D eigenvalue weighted by molar-refractivity contribution is -0.348. The van der Waals surface area contributed by atoms with Gasteiger partial charge in [0, 0.05) is 16.1 Å². The predicted molar refractivity (Wildman–Crippen MR) is 91.7 cm³/mol. The van der Waals surface area contributed by atoms with Crippen LogP contribution in [0.2, 0.25) is 5.02 Å². The van der Waals surface area contributed by atoms with Gasteiger partial charge in [0.25, 0.3) is 0 Å². The van der Waals surface area contributed by atoms with Crippen LogP contribution in [0.3, 0.4) is 0 Å². The van der Waals surface area contributed by atoms with E-state index in [0.29, 0.717) is 16.3 Å². The van der Waals surface area contributed by atoms with Crippen LogP contribution in [0.4, 0.5) is 10.1 Å². The van der Waals surface area contributed by atoms with Crippen molar-refractivity contribution >= 4 is 34.5 Å². The fraction of sp³-hybridized carbons (Fsp3) is 0.0625. The van der Waals surface area contributed by atoms with Crippen LogP contribution in [-0.2, 0) is 0 Å². The first-order chi connectivity index (χ1) is 12.0. The van der Waals surface area contributed by atoms with E-state index in [2.05, 4.69) is 15.1 Å². The molecule has 0 saturated carbocycles. The lowest BCUT2D eigenvalue weighted by atomic mass is 10.0. The molecule has 0 unspecified atom stereocenters. The number of hydrogen-bond donors (Lipinski definition) is 1. The van der Waals surface area contributed by atoms with Gasteiger partial charge in [0.15, 0.2) is 10.9 Å². The second-order valence-corrected chi connectivity index (χ2v) is 5.48. The minimum atomic E-state index is -0.863. The molecule has 0 amide bonds. The molecule has 0 aromatic heterocycles. The van der Waals surface area contributed by atoms with Crippen molar-refractivity contribution in [1.82, 2.24) is 0 Å². The molecule has 0 aliphatic carbocycles. The van der Waals surface area contributed by atoms with Crippen molar-refractivity contribution in [1.29, 1.82) is 0 Å². The van der Waals surface area contributed by atoms with E-state index in [0.717, 1.165) is 0 Å². The van der Waals surface area contributed by atoms with Crippen molar-refractivity contribution in [3.05, 3.63) is 74.5 Å². The van der Waals surface area contributed by atoms with Crippen molar-refractivity contribution < 1.29 is 14.5 Å². The zero-order valence-electron chi connectivity index (χ0n) is 12.6. The molecule has 2 aromatic carbocycles. The van der Waals surface area contributed by atoms with Gasteiger partial charge in [-0.25, -0.2) is 9.38 Å². The molecular formula is C16H10ClFN4O3. The van der Waals surface area contributed by atoms with Crippen LogP contribution < -0.4 is 0 Å². The Balaban J connectivity index is 2.22. The fourth-order valence-electron chi connectivity index (χ4n) is 2.42. The fourth-order valence-corrected chi connectivity index (χ4v) is 2.59. The van der Waals surface area contributed by atoms with Crippen molar-refractivity contribution in [3.8, 4) is 0 Å². The molecule has 7 nitrogen and oxygen atoms in total. The van der Waals surface area contributed by atoms with Crippen molar-refractivity contribution in [2.45, 2.75) is 0 Å². The molecule has 126 valence electrons. The average Bonchev–Trinajstić information content (AvgIpc) is 2.75. The molecule has 0 bridgehead atoms. The molecular weight excluding hydrogens is 351 g/mol. The first-order valence-electron chi connectivity index (χ1n) is 7.05. The molecule has 0 radical (unpaired) electrons. The number of aliphatic imine (C=N–C) groups is 2. The van der Waals surface area contributed by atoms with E-state index >= 15 is 0 Å². The normalized spacial score (nSPS) is 14.2. The van der Waals surface area contributed by atoms with Crippen LogP contribution >= 0.6 is 11.6 Å². The molecule has 1 N–H and O–H groups in total. The summed E-state index contributed by atoms with van der Waals surface area (Å²) in [5.41, 5.74) is 1.05. The monoisotopic (exact) mass is 360 g/mol. The van der Waals surface area contributed by atoms with E-state index in [1.165, 1.54) is 12.1 Å². The van der Waals surface area contributed by atoms with Crippen molar-refractivity contribution in [2.24, 2.45) is 15.1 Å². The Labute approximate surface area is 145 Å². The summed E-state index contributed by atoms with van der Waals surface area (Å²) < 4.78 is 14.2. The second kappa shape index (κ2) is 6.78. The molecule has 0 atom stereocenters. The molecule has 1 aliphatic heterocycles. The molecule has 1 heterocycles. The third kappa shape index (κ3) is 3.24. The Morgan fingerprint density at radius 2 is 2.04 bits per heavy atom. The lowest BCUT2D eigenvalue weighted by Crippen LogP contribution is -2.25. The number of nitro groups is 1. The summed E-state index contributed by atoms with van der Waals surface area (Å²) in [6.07, 6.45) is 0. The van der Waals surface area contributed by atoms with E-state index in [-0.39, 0.29) is 23.5 Å². The number of rotatable bonds is 2. The summed E-state index contributed by atoms with van der Waals surface area (Å²) in [5, 5.41) is 23.0. The summed E-state index contributed by atoms with van der Waals surface area (Å²) in [7, 11) is 0. The molecule has 3 rings (SSSR count). The number of benzene rings is 2. The summed E-state index contributed by atoms with van der Waals surface area (Å²) >= 11 is 6.03. The summed E-state index contributed by atoms with van der Waals surface area (Å²) in [4.78, 5) is 18.6. The average molecular weight is 361 g/mol. The van der Waals surface area contributed by atoms with Gasteiger partial charge in [0.1, 0.15) is 5.82 Å². The maximum atomic E-state index is 14.2. The summed E-state index contributed by atoms with van der Waals surface area (Å²) in [6, 6.07) is 10.7. The van der Waals surface area contributed by atoms with Crippen LogP contribution in [-0.4, -0.2) is 33.9 Å². The first-order valence-corrected chi connectivity index (χ1v) is 7.42. The van der Waals surface area contributed by atoms with Gasteiger partial charge in [-0.15, -0.1) is 0 Å². The molecule has 25 heavy (non-hydrogen) atoms. The van der Waals surface area contributed by atoms with Crippen molar-refractivity contribution in [3.63, 3.8) is 0 Å². The number of nitrogens with zero attached hydrogens (tertiary/aromatic N) is 4. The van der Waals surface area contributed by atoms with E-state index < -0.39 is 16.6 Å². The van der Waals surface area contributed by atoms with Crippen LogP contribution in [0.5, 0.6) is 0 Å². The summed E-state index contributed by atoms with van der Waals surface area (Å²) in [6.45, 7) is -0.254. The zero-order valence-corrected chi connectivity index (χ0v) is 13.3. The van der Waals surface area contributed by atoms with E-state index in [1.807, 2.05) is 0 Å². The molecule has 2 aromatic rings. The van der Waals surface area contributed by atoms with E-state index in [1.54, 1.807) is 30.3 Å². The molecule has 0 saturated heterocycles. The quantitative estimate of drug-likeness (QED) is 0.292. The van der Waals surface area contributed by atoms with Crippen LogP contribution in [0.25, 0.3) is 0 Å². The van der Waals surface area contributed by atoms with Gasteiger partial charge >= 0.3 is 5.84 Å². The van der Waals surface area contributed by atoms with Gasteiger partial charge < -0.3 is 15.3 Å².